The van der Waals surface area contributed by atoms with Gasteiger partial charge in [0.1, 0.15) is 6.33 Å². The number of aromatic nitrogens is 2. The van der Waals surface area contributed by atoms with E-state index in [1.165, 1.54) is 29.4 Å². The van der Waals surface area contributed by atoms with Crippen LogP contribution >= 0.6 is 0 Å². The number of nitrogens with zero attached hydrogens (tertiary/aromatic N) is 2. The highest BCUT2D eigenvalue weighted by Gasteiger charge is 2.23. The summed E-state index contributed by atoms with van der Waals surface area (Å²) >= 11 is 0. The summed E-state index contributed by atoms with van der Waals surface area (Å²) in [5.74, 6) is 1.32. The molecule has 1 aliphatic carbocycles. The maximum absolute atomic E-state index is 4.34. The van der Waals surface area contributed by atoms with E-state index in [9.17, 15) is 0 Å². The summed E-state index contributed by atoms with van der Waals surface area (Å²) < 4.78 is 0. The summed E-state index contributed by atoms with van der Waals surface area (Å²) in [6.45, 7) is 4.64. The standard InChI is InChI=1S/C14H16N2/c1-9-3-4-10(2)14-11(9)5-6-13-12(14)7-15-8-16-13/h5-10H,3-4H2,1-2H3. The van der Waals surface area contributed by atoms with Crippen LogP contribution in [0.5, 0.6) is 0 Å². The Kier molecular flexibility index (Phi) is 2.16. The first kappa shape index (κ1) is 9.76. The number of hydrogen-bond acceptors (Lipinski definition) is 2. The Morgan fingerprint density at radius 2 is 1.94 bits per heavy atom. The molecule has 2 nitrogen and oxygen atoms in total. The lowest BCUT2D eigenvalue weighted by molar-refractivity contribution is 0.530. The Morgan fingerprint density at radius 1 is 1.12 bits per heavy atom. The van der Waals surface area contributed by atoms with Crippen molar-refractivity contribution in [1.29, 1.82) is 0 Å². The average Bonchev–Trinajstić information content (AvgIpc) is 2.33. The van der Waals surface area contributed by atoms with E-state index < -0.39 is 0 Å². The van der Waals surface area contributed by atoms with Crippen LogP contribution in [-0.4, -0.2) is 9.97 Å². The molecule has 0 saturated heterocycles. The zero-order valence-corrected chi connectivity index (χ0v) is 9.77. The normalized spacial score (nSPS) is 24.4. The molecule has 2 unspecified atom stereocenters. The predicted octanol–water partition coefficient (Wildman–Crippen LogP) is 3.63. The van der Waals surface area contributed by atoms with Crippen molar-refractivity contribution >= 4 is 10.9 Å². The highest BCUT2D eigenvalue weighted by molar-refractivity contribution is 5.83. The minimum atomic E-state index is 0.640. The second-order valence-electron chi connectivity index (χ2n) is 4.90. The topological polar surface area (TPSA) is 25.8 Å². The molecule has 0 bridgehead atoms. The second kappa shape index (κ2) is 3.55. The zero-order chi connectivity index (χ0) is 11.1. The fourth-order valence-electron chi connectivity index (χ4n) is 2.87. The highest BCUT2D eigenvalue weighted by atomic mass is 14.8. The molecule has 1 aromatic heterocycles. The van der Waals surface area contributed by atoms with Crippen molar-refractivity contribution in [3.8, 4) is 0 Å². The molecule has 2 heteroatoms. The maximum Gasteiger partial charge on any atom is 0.116 e. The molecule has 1 aromatic carbocycles. The third kappa shape index (κ3) is 1.33. The van der Waals surface area contributed by atoms with E-state index in [1.807, 2.05) is 6.20 Å². The number of rotatable bonds is 0. The second-order valence-corrected chi connectivity index (χ2v) is 4.90. The third-order valence-corrected chi connectivity index (χ3v) is 3.82. The van der Waals surface area contributed by atoms with Crippen LogP contribution in [-0.2, 0) is 0 Å². The molecule has 0 saturated carbocycles. The predicted molar refractivity (Wildman–Crippen MR) is 65.6 cm³/mol. The van der Waals surface area contributed by atoms with E-state index in [0.29, 0.717) is 11.8 Å². The Balaban J connectivity index is 2.35. The van der Waals surface area contributed by atoms with Crippen molar-refractivity contribution in [2.75, 3.05) is 0 Å². The maximum atomic E-state index is 4.34. The molecule has 0 spiro atoms. The van der Waals surface area contributed by atoms with Crippen molar-refractivity contribution in [2.24, 2.45) is 0 Å². The highest BCUT2D eigenvalue weighted by Crippen LogP contribution is 2.41. The lowest BCUT2D eigenvalue weighted by Gasteiger charge is -2.28. The van der Waals surface area contributed by atoms with Crippen molar-refractivity contribution in [2.45, 2.75) is 38.5 Å². The van der Waals surface area contributed by atoms with Crippen LogP contribution in [0.3, 0.4) is 0 Å². The van der Waals surface area contributed by atoms with Gasteiger partial charge in [-0.15, -0.1) is 0 Å². The molecule has 3 rings (SSSR count). The molecule has 1 heterocycles. The molecular weight excluding hydrogens is 196 g/mol. The summed E-state index contributed by atoms with van der Waals surface area (Å²) in [6, 6.07) is 4.38. The average molecular weight is 212 g/mol. The summed E-state index contributed by atoms with van der Waals surface area (Å²) in [4.78, 5) is 8.51. The summed E-state index contributed by atoms with van der Waals surface area (Å²) in [6.07, 6.45) is 6.18. The summed E-state index contributed by atoms with van der Waals surface area (Å²) in [7, 11) is 0. The quantitative estimate of drug-likeness (QED) is 0.666. The third-order valence-electron chi connectivity index (χ3n) is 3.82. The Hall–Kier alpha value is -1.44. The Labute approximate surface area is 95.7 Å². The fraction of sp³-hybridized carbons (Fsp3) is 0.429. The van der Waals surface area contributed by atoms with Gasteiger partial charge in [-0.05, 0) is 41.9 Å². The summed E-state index contributed by atoms with van der Waals surface area (Å²) in [5.41, 5.74) is 4.06. The smallest absolute Gasteiger partial charge is 0.116 e. The molecule has 0 aliphatic heterocycles. The molecular formula is C14H16N2. The van der Waals surface area contributed by atoms with Gasteiger partial charge in [0, 0.05) is 11.6 Å². The number of hydrogen-bond donors (Lipinski definition) is 0. The first-order chi connectivity index (χ1) is 7.77. The zero-order valence-electron chi connectivity index (χ0n) is 9.77. The van der Waals surface area contributed by atoms with Gasteiger partial charge in [0.05, 0.1) is 5.52 Å². The molecule has 0 fully saturated rings. The fourth-order valence-corrected chi connectivity index (χ4v) is 2.87. The van der Waals surface area contributed by atoms with E-state index >= 15 is 0 Å². The Bertz CT molecular complexity index is 533. The van der Waals surface area contributed by atoms with Crippen molar-refractivity contribution in [1.82, 2.24) is 9.97 Å². The van der Waals surface area contributed by atoms with E-state index in [2.05, 4.69) is 35.9 Å². The van der Waals surface area contributed by atoms with Crippen LogP contribution in [0.4, 0.5) is 0 Å². The van der Waals surface area contributed by atoms with Gasteiger partial charge < -0.3 is 0 Å². The Morgan fingerprint density at radius 3 is 2.81 bits per heavy atom. The molecule has 16 heavy (non-hydrogen) atoms. The van der Waals surface area contributed by atoms with Gasteiger partial charge in [0.25, 0.3) is 0 Å². The SMILES string of the molecule is CC1CCC(C)c2c1ccc1ncncc21. The van der Waals surface area contributed by atoms with E-state index in [-0.39, 0.29) is 0 Å². The van der Waals surface area contributed by atoms with Crippen LogP contribution in [0.1, 0.15) is 49.7 Å². The van der Waals surface area contributed by atoms with E-state index in [4.69, 9.17) is 0 Å². The van der Waals surface area contributed by atoms with Crippen molar-refractivity contribution in [3.63, 3.8) is 0 Å². The van der Waals surface area contributed by atoms with E-state index in [0.717, 1.165) is 5.52 Å². The molecule has 0 radical (unpaired) electrons. The monoisotopic (exact) mass is 212 g/mol. The van der Waals surface area contributed by atoms with Gasteiger partial charge >= 0.3 is 0 Å². The molecule has 1 aliphatic rings. The van der Waals surface area contributed by atoms with Gasteiger partial charge in [-0.1, -0.05) is 19.9 Å². The van der Waals surface area contributed by atoms with Gasteiger partial charge in [0.2, 0.25) is 0 Å². The molecule has 0 N–H and O–H groups in total. The minimum Gasteiger partial charge on any atom is -0.244 e. The largest absolute Gasteiger partial charge is 0.244 e. The van der Waals surface area contributed by atoms with Crippen LogP contribution in [0.25, 0.3) is 10.9 Å². The van der Waals surface area contributed by atoms with Gasteiger partial charge in [0.15, 0.2) is 0 Å². The molecule has 0 amide bonds. The van der Waals surface area contributed by atoms with Crippen molar-refractivity contribution < 1.29 is 0 Å². The molecule has 82 valence electrons. The first-order valence-corrected chi connectivity index (χ1v) is 6.00. The van der Waals surface area contributed by atoms with Gasteiger partial charge in [-0.3, -0.25) is 0 Å². The van der Waals surface area contributed by atoms with Gasteiger partial charge in [-0.2, -0.15) is 0 Å². The number of benzene rings is 1. The molecule has 2 aromatic rings. The summed E-state index contributed by atoms with van der Waals surface area (Å²) in [5, 5.41) is 1.25. The van der Waals surface area contributed by atoms with Gasteiger partial charge in [-0.25, -0.2) is 9.97 Å². The van der Waals surface area contributed by atoms with Crippen LogP contribution in [0.15, 0.2) is 24.7 Å². The van der Waals surface area contributed by atoms with Crippen molar-refractivity contribution in [3.05, 3.63) is 35.8 Å². The first-order valence-electron chi connectivity index (χ1n) is 6.00. The van der Waals surface area contributed by atoms with E-state index in [1.54, 1.807) is 6.33 Å². The van der Waals surface area contributed by atoms with Crippen LogP contribution in [0, 0.1) is 0 Å². The lowest BCUT2D eigenvalue weighted by Crippen LogP contribution is -2.11. The number of fused-ring (bicyclic) bond motifs is 3. The van der Waals surface area contributed by atoms with Crippen LogP contribution < -0.4 is 0 Å². The lowest BCUT2D eigenvalue weighted by atomic mass is 9.77. The molecule has 2 atom stereocenters. The minimum absolute atomic E-state index is 0.640. The van der Waals surface area contributed by atoms with Crippen LogP contribution in [0.2, 0.25) is 0 Å².